The van der Waals surface area contributed by atoms with Crippen LogP contribution in [0.2, 0.25) is 10.0 Å². The van der Waals surface area contributed by atoms with Gasteiger partial charge in [-0.3, -0.25) is 9.59 Å². The molecular formula is C24H20Cl2IN3O2. The molecule has 1 aliphatic rings. The molecule has 5 nitrogen and oxygen atoms in total. The lowest BCUT2D eigenvalue weighted by Crippen LogP contribution is -2.42. The summed E-state index contributed by atoms with van der Waals surface area (Å²) in [6.07, 6.45) is 0.481. The number of rotatable bonds is 4. The van der Waals surface area contributed by atoms with Crippen molar-refractivity contribution in [3.63, 3.8) is 0 Å². The van der Waals surface area contributed by atoms with E-state index in [1.165, 1.54) is 0 Å². The van der Waals surface area contributed by atoms with Gasteiger partial charge in [-0.15, -0.1) is 0 Å². The third-order valence-corrected chi connectivity index (χ3v) is 6.76. The molecule has 4 rings (SSSR count). The maximum Gasteiger partial charge on any atom is 0.256 e. The summed E-state index contributed by atoms with van der Waals surface area (Å²) in [6.45, 7) is 0.308. The van der Waals surface area contributed by atoms with Crippen molar-refractivity contribution in [2.24, 2.45) is 0 Å². The SMILES string of the molecule is CN1C(=O)C(c2ccc(Cl)cc2)N(CCc2ccc(Cl)cc2N)C(=O)c2cc(I)ccc21. The van der Waals surface area contributed by atoms with E-state index in [-0.39, 0.29) is 11.8 Å². The summed E-state index contributed by atoms with van der Waals surface area (Å²) in [5, 5.41) is 1.12. The summed E-state index contributed by atoms with van der Waals surface area (Å²) in [6, 6.07) is 17.1. The van der Waals surface area contributed by atoms with Crippen molar-refractivity contribution in [1.29, 1.82) is 0 Å². The van der Waals surface area contributed by atoms with Crippen LogP contribution in [-0.2, 0) is 11.2 Å². The molecule has 0 aliphatic carbocycles. The van der Waals surface area contributed by atoms with E-state index in [1.54, 1.807) is 53.2 Å². The zero-order valence-corrected chi connectivity index (χ0v) is 20.9. The van der Waals surface area contributed by atoms with Gasteiger partial charge < -0.3 is 15.5 Å². The predicted molar refractivity (Wildman–Crippen MR) is 137 cm³/mol. The standard InChI is InChI=1S/C24H20Cl2IN3O2/c1-29-21-9-8-18(27)13-19(21)23(31)30(11-10-14-2-7-17(26)12-20(14)28)22(24(29)32)15-3-5-16(25)6-4-15/h2-9,12-13,22H,10-11,28H2,1H3. The van der Waals surface area contributed by atoms with Crippen molar-refractivity contribution < 1.29 is 9.59 Å². The van der Waals surface area contributed by atoms with Gasteiger partial charge >= 0.3 is 0 Å². The van der Waals surface area contributed by atoms with Crippen molar-refractivity contribution in [3.8, 4) is 0 Å². The monoisotopic (exact) mass is 579 g/mol. The lowest BCUT2D eigenvalue weighted by Gasteiger charge is -2.30. The molecule has 0 saturated heterocycles. The molecule has 0 saturated carbocycles. The molecule has 1 atom stereocenters. The van der Waals surface area contributed by atoms with Crippen molar-refractivity contribution in [3.05, 3.63) is 91.0 Å². The van der Waals surface area contributed by atoms with E-state index >= 15 is 0 Å². The summed E-state index contributed by atoms with van der Waals surface area (Å²) in [4.78, 5) is 30.5. The normalized spacial score (nSPS) is 16.2. The molecule has 0 fully saturated rings. The Balaban J connectivity index is 1.79. The van der Waals surface area contributed by atoms with Gasteiger partial charge in [0.15, 0.2) is 0 Å². The first-order valence-electron chi connectivity index (χ1n) is 9.93. The maximum atomic E-state index is 13.8. The minimum absolute atomic E-state index is 0.190. The Labute approximate surface area is 210 Å². The molecule has 8 heteroatoms. The fourth-order valence-electron chi connectivity index (χ4n) is 3.91. The van der Waals surface area contributed by atoms with Gasteiger partial charge in [-0.2, -0.15) is 0 Å². The van der Waals surface area contributed by atoms with Crippen LogP contribution in [0.15, 0.2) is 60.7 Å². The molecule has 0 aromatic heterocycles. The minimum atomic E-state index is -0.789. The first kappa shape index (κ1) is 22.9. The highest BCUT2D eigenvalue weighted by Gasteiger charge is 2.39. The number of anilines is 2. The second-order valence-corrected chi connectivity index (χ2v) is 9.72. The summed E-state index contributed by atoms with van der Waals surface area (Å²) in [7, 11) is 1.70. The van der Waals surface area contributed by atoms with E-state index in [1.807, 2.05) is 24.3 Å². The van der Waals surface area contributed by atoms with E-state index in [0.29, 0.717) is 45.5 Å². The molecule has 0 spiro atoms. The average Bonchev–Trinajstić information content (AvgIpc) is 2.83. The maximum absolute atomic E-state index is 13.8. The number of carbonyl (C=O) groups excluding carboxylic acids is 2. The largest absolute Gasteiger partial charge is 0.398 e. The van der Waals surface area contributed by atoms with Crippen LogP contribution in [0.5, 0.6) is 0 Å². The van der Waals surface area contributed by atoms with Gasteiger partial charge in [-0.25, -0.2) is 0 Å². The van der Waals surface area contributed by atoms with Crippen LogP contribution in [-0.4, -0.2) is 30.3 Å². The molecule has 3 aromatic rings. The lowest BCUT2D eigenvalue weighted by molar-refractivity contribution is -0.122. The van der Waals surface area contributed by atoms with E-state index in [2.05, 4.69) is 22.6 Å². The van der Waals surface area contributed by atoms with E-state index < -0.39 is 6.04 Å². The van der Waals surface area contributed by atoms with E-state index in [9.17, 15) is 9.59 Å². The van der Waals surface area contributed by atoms with Gasteiger partial charge in [-0.05, 0) is 82.6 Å². The minimum Gasteiger partial charge on any atom is -0.398 e. The zero-order chi connectivity index (χ0) is 23.0. The number of fused-ring (bicyclic) bond motifs is 1. The number of carbonyl (C=O) groups is 2. The van der Waals surface area contributed by atoms with Gasteiger partial charge in [0.1, 0.15) is 6.04 Å². The Morgan fingerprint density at radius 2 is 1.66 bits per heavy atom. The number of amides is 2. The molecule has 0 bridgehead atoms. The molecule has 1 heterocycles. The van der Waals surface area contributed by atoms with Crippen molar-refractivity contribution in [1.82, 2.24) is 4.90 Å². The Hall–Kier alpha value is -2.29. The quantitative estimate of drug-likeness (QED) is 0.324. The van der Waals surface area contributed by atoms with Crippen molar-refractivity contribution in [2.45, 2.75) is 12.5 Å². The molecule has 2 N–H and O–H groups in total. The smallest absolute Gasteiger partial charge is 0.256 e. The number of benzene rings is 3. The van der Waals surface area contributed by atoms with Gasteiger partial charge in [0.05, 0.1) is 11.3 Å². The molecule has 3 aromatic carbocycles. The first-order valence-corrected chi connectivity index (χ1v) is 11.8. The van der Waals surface area contributed by atoms with Crippen LogP contribution in [0.4, 0.5) is 11.4 Å². The summed E-state index contributed by atoms with van der Waals surface area (Å²) < 4.78 is 0.919. The molecule has 2 amide bonds. The highest BCUT2D eigenvalue weighted by Crippen LogP contribution is 2.35. The molecule has 164 valence electrons. The lowest BCUT2D eigenvalue weighted by atomic mass is 10.0. The fraction of sp³-hybridized carbons (Fsp3) is 0.167. The van der Waals surface area contributed by atoms with Crippen LogP contribution in [0.25, 0.3) is 0 Å². The van der Waals surface area contributed by atoms with Crippen LogP contribution >= 0.6 is 45.8 Å². The molecule has 32 heavy (non-hydrogen) atoms. The Morgan fingerprint density at radius 1 is 0.969 bits per heavy atom. The number of nitrogens with zero attached hydrogens (tertiary/aromatic N) is 2. The topological polar surface area (TPSA) is 66.6 Å². The molecule has 1 aliphatic heterocycles. The number of nitrogen functional groups attached to an aromatic ring is 1. The van der Waals surface area contributed by atoms with Gasteiger partial charge in [0.25, 0.3) is 11.8 Å². The second kappa shape index (κ2) is 9.29. The third-order valence-electron chi connectivity index (χ3n) is 5.60. The first-order chi connectivity index (χ1) is 15.3. The summed E-state index contributed by atoms with van der Waals surface area (Å²) in [5.74, 6) is -0.395. The second-order valence-electron chi connectivity index (χ2n) is 7.60. The van der Waals surface area contributed by atoms with Crippen LogP contribution in [0.3, 0.4) is 0 Å². The van der Waals surface area contributed by atoms with E-state index in [4.69, 9.17) is 28.9 Å². The fourth-order valence-corrected chi connectivity index (χ4v) is 4.71. The average molecular weight is 580 g/mol. The Kier molecular flexibility index (Phi) is 6.65. The van der Waals surface area contributed by atoms with Crippen LogP contribution in [0.1, 0.15) is 27.5 Å². The molecular weight excluding hydrogens is 560 g/mol. The van der Waals surface area contributed by atoms with Gasteiger partial charge in [-0.1, -0.05) is 41.4 Å². The number of hydrogen-bond acceptors (Lipinski definition) is 3. The Bertz CT molecular complexity index is 1200. The number of halogens is 3. The molecule has 0 radical (unpaired) electrons. The van der Waals surface area contributed by atoms with Crippen molar-refractivity contribution in [2.75, 3.05) is 24.2 Å². The summed E-state index contributed by atoms with van der Waals surface area (Å²) >= 11 is 14.3. The van der Waals surface area contributed by atoms with Crippen LogP contribution in [0, 0.1) is 3.57 Å². The summed E-state index contributed by atoms with van der Waals surface area (Å²) in [5.41, 5.74) is 9.34. The highest BCUT2D eigenvalue weighted by atomic mass is 127. The van der Waals surface area contributed by atoms with Crippen LogP contribution < -0.4 is 10.6 Å². The van der Waals surface area contributed by atoms with E-state index in [0.717, 1.165) is 9.13 Å². The highest BCUT2D eigenvalue weighted by molar-refractivity contribution is 14.1. The third kappa shape index (κ3) is 4.44. The zero-order valence-electron chi connectivity index (χ0n) is 17.2. The molecule has 1 unspecified atom stereocenters. The number of likely N-dealkylation sites (N-methyl/N-ethyl adjacent to an activating group) is 1. The van der Waals surface area contributed by atoms with Crippen molar-refractivity contribution >= 4 is 69.0 Å². The van der Waals surface area contributed by atoms with Gasteiger partial charge in [0.2, 0.25) is 0 Å². The Morgan fingerprint density at radius 3 is 2.34 bits per heavy atom. The predicted octanol–water partition coefficient (Wildman–Crippen LogP) is 5.58. The number of nitrogens with two attached hydrogens (primary N) is 1. The van der Waals surface area contributed by atoms with Gasteiger partial charge in [0, 0.05) is 32.9 Å². The number of hydrogen-bond donors (Lipinski definition) is 1.